The Balaban J connectivity index is 2.60. The molecule has 1 saturated heterocycles. The van der Waals surface area contributed by atoms with Gasteiger partial charge in [-0.2, -0.15) is 0 Å². The Morgan fingerprint density at radius 1 is 1.83 bits per heavy atom. The molecule has 3 N–H and O–H groups in total. The lowest BCUT2D eigenvalue weighted by atomic mass is 9.98. The zero-order valence-corrected chi connectivity index (χ0v) is 6.96. The summed E-state index contributed by atoms with van der Waals surface area (Å²) < 4.78 is 13.6. The molecule has 1 heterocycles. The van der Waals surface area contributed by atoms with Crippen LogP contribution in [0.5, 0.6) is 0 Å². The first-order valence-electron chi connectivity index (χ1n) is 3.88. The molecule has 0 aromatic heterocycles. The van der Waals surface area contributed by atoms with E-state index in [0.717, 1.165) is 4.90 Å². The van der Waals surface area contributed by atoms with Crippen LogP contribution in [0.3, 0.4) is 0 Å². The van der Waals surface area contributed by atoms with Crippen LogP contribution in [0.4, 0.5) is 9.18 Å². The summed E-state index contributed by atoms with van der Waals surface area (Å²) in [5.41, 5.74) is 3.87. The quantitative estimate of drug-likeness (QED) is 0.608. The van der Waals surface area contributed by atoms with Crippen molar-refractivity contribution in [2.75, 3.05) is 13.1 Å². The molecule has 1 aliphatic heterocycles. The standard InChI is InChI=1S/C7H13FN2O2/c1-5(9)7(8)2-3-10(4-7)6(11)12/h5H,2-4,9H2,1H3,(H,11,12). The SMILES string of the molecule is CC(N)C1(F)CCN(C(=O)O)C1. The number of carboxylic acid groups (broad SMARTS) is 1. The summed E-state index contributed by atoms with van der Waals surface area (Å²) in [6, 6.07) is -0.609. The third-order valence-corrected chi connectivity index (χ3v) is 2.34. The van der Waals surface area contributed by atoms with Gasteiger partial charge in [-0.15, -0.1) is 0 Å². The number of hydrogen-bond donors (Lipinski definition) is 2. The molecule has 0 aromatic carbocycles. The molecule has 1 fully saturated rings. The van der Waals surface area contributed by atoms with Crippen LogP contribution in [0.1, 0.15) is 13.3 Å². The Bertz CT molecular complexity index is 198. The minimum atomic E-state index is -1.53. The average molecular weight is 176 g/mol. The van der Waals surface area contributed by atoms with Crippen molar-refractivity contribution in [1.82, 2.24) is 4.90 Å². The first-order valence-corrected chi connectivity index (χ1v) is 3.88. The first-order chi connectivity index (χ1) is 5.46. The monoisotopic (exact) mass is 176 g/mol. The fraction of sp³-hybridized carbons (Fsp3) is 0.857. The molecule has 1 rings (SSSR count). The van der Waals surface area contributed by atoms with Gasteiger partial charge in [0.15, 0.2) is 0 Å². The number of amides is 1. The van der Waals surface area contributed by atoms with E-state index >= 15 is 0 Å². The summed E-state index contributed by atoms with van der Waals surface area (Å²) in [4.78, 5) is 11.5. The van der Waals surface area contributed by atoms with Gasteiger partial charge in [0.25, 0.3) is 0 Å². The molecule has 70 valence electrons. The van der Waals surface area contributed by atoms with Gasteiger partial charge in [-0.1, -0.05) is 0 Å². The molecule has 4 nitrogen and oxygen atoms in total. The number of nitrogens with zero attached hydrogens (tertiary/aromatic N) is 1. The molecule has 5 heteroatoms. The van der Waals surface area contributed by atoms with Crippen LogP contribution in [0.25, 0.3) is 0 Å². The predicted molar refractivity (Wildman–Crippen MR) is 41.7 cm³/mol. The van der Waals surface area contributed by atoms with E-state index < -0.39 is 17.8 Å². The zero-order chi connectivity index (χ0) is 9.35. The van der Waals surface area contributed by atoms with Crippen LogP contribution < -0.4 is 5.73 Å². The molecule has 0 spiro atoms. The Hall–Kier alpha value is -0.840. The number of likely N-dealkylation sites (tertiary alicyclic amines) is 1. The van der Waals surface area contributed by atoms with E-state index in [4.69, 9.17) is 10.8 Å². The topological polar surface area (TPSA) is 66.6 Å². The van der Waals surface area contributed by atoms with Gasteiger partial charge in [-0.25, -0.2) is 9.18 Å². The highest BCUT2D eigenvalue weighted by Gasteiger charge is 2.43. The maximum atomic E-state index is 13.6. The van der Waals surface area contributed by atoms with E-state index in [2.05, 4.69) is 0 Å². The summed E-state index contributed by atoms with van der Waals surface area (Å²) in [5.74, 6) is 0. The number of carbonyl (C=O) groups is 1. The highest BCUT2D eigenvalue weighted by Crippen LogP contribution is 2.27. The molecule has 2 unspecified atom stereocenters. The van der Waals surface area contributed by atoms with Gasteiger partial charge >= 0.3 is 6.09 Å². The number of hydrogen-bond acceptors (Lipinski definition) is 2. The first kappa shape index (κ1) is 9.25. The van der Waals surface area contributed by atoms with Gasteiger partial charge in [-0.3, -0.25) is 0 Å². The lowest BCUT2D eigenvalue weighted by Crippen LogP contribution is -2.45. The molecular weight excluding hydrogens is 163 g/mol. The van der Waals surface area contributed by atoms with Crippen LogP contribution in [0, 0.1) is 0 Å². The Kier molecular flexibility index (Phi) is 2.23. The number of nitrogens with two attached hydrogens (primary N) is 1. The van der Waals surface area contributed by atoms with Crippen LogP contribution in [-0.2, 0) is 0 Å². The van der Waals surface area contributed by atoms with Crippen molar-refractivity contribution in [3.63, 3.8) is 0 Å². The highest BCUT2D eigenvalue weighted by atomic mass is 19.1. The van der Waals surface area contributed by atoms with Crippen molar-refractivity contribution < 1.29 is 14.3 Å². The third kappa shape index (κ3) is 1.50. The fourth-order valence-corrected chi connectivity index (χ4v) is 1.33. The number of alkyl halides is 1. The molecule has 0 saturated carbocycles. The molecule has 0 bridgehead atoms. The summed E-state index contributed by atoms with van der Waals surface area (Å²) in [6.07, 6.45) is -0.869. The van der Waals surface area contributed by atoms with Gasteiger partial charge in [0.05, 0.1) is 6.54 Å². The van der Waals surface area contributed by atoms with Crippen molar-refractivity contribution in [2.45, 2.75) is 25.1 Å². The normalized spacial score (nSPS) is 32.1. The minimum Gasteiger partial charge on any atom is -0.465 e. The molecule has 0 aliphatic carbocycles. The van der Waals surface area contributed by atoms with Crippen molar-refractivity contribution in [3.8, 4) is 0 Å². The minimum absolute atomic E-state index is 0.0972. The van der Waals surface area contributed by atoms with Crippen LogP contribution in [0.2, 0.25) is 0 Å². The Morgan fingerprint density at radius 3 is 2.67 bits per heavy atom. The van der Waals surface area contributed by atoms with Crippen LogP contribution >= 0.6 is 0 Å². The molecular formula is C7H13FN2O2. The number of halogens is 1. The van der Waals surface area contributed by atoms with Gasteiger partial charge in [-0.05, 0) is 6.92 Å². The lowest BCUT2D eigenvalue weighted by Gasteiger charge is -2.23. The van der Waals surface area contributed by atoms with Gasteiger partial charge in [0.2, 0.25) is 0 Å². The Morgan fingerprint density at radius 2 is 2.42 bits per heavy atom. The van der Waals surface area contributed by atoms with Crippen molar-refractivity contribution >= 4 is 6.09 Å². The largest absolute Gasteiger partial charge is 0.465 e. The molecule has 0 aromatic rings. The molecule has 12 heavy (non-hydrogen) atoms. The maximum absolute atomic E-state index is 13.6. The molecule has 2 atom stereocenters. The van der Waals surface area contributed by atoms with Crippen molar-refractivity contribution in [3.05, 3.63) is 0 Å². The van der Waals surface area contributed by atoms with E-state index in [1.807, 2.05) is 0 Å². The zero-order valence-electron chi connectivity index (χ0n) is 6.96. The van der Waals surface area contributed by atoms with E-state index in [1.54, 1.807) is 6.92 Å². The van der Waals surface area contributed by atoms with Gasteiger partial charge in [0.1, 0.15) is 5.67 Å². The van der Waals surface area contributed by atoms with E-state index in [-0.39, 0.29) is 19.5 Å². The van der Waals surface area contributed by atoms with Gasteiger partial charge < -0.3 is 15.7 Å². The van der Waals surface area contributed by atoms with E-state index in [9.17, 15) is 9.18 Å². The molecule has 1 amide bonds. The van der Waals surface area contributed by atoms with Crippen LogP contribution in [0.15, 0.2) is 0 Å². The molecule has 0 radical (unpaired) electrons. The second kappa shape index (κ2) is 2.90. The Labute approximate surface area is 70.1 Å². The predicted octanol–water partition coefficient (Wildman–Crippen LogP) is 0.426. The van der Waals surface area contributed by atoms with E-state index in [1.165, 1.54) is 0 Å². The smallest absolute Gasteiger partial charge is 0.407 e. The van der Waals surface area contributed by atoms with Crippen molar-refractivity contribution in [2.24, 2.45) is 5.73 Å². The third-order valence-electron chi connectivity index (χ3n) is 2.34. The summed E-state index contributed by atoms with van der Waals surface area (Å²) in [5, 5.41) is 8.55. The lowest BCUT2D eigenvalue weighted by molar-refractivity contribution is 0.121. The maximum Gasteiger partial charge on any atom is 0.407 e. The summed E-state index contributed by atoms with van der Waals surface area (Å²) >= 11 is 0. The van der Waals surface area contributed by atoms with E-state index in [0.29, 0.717) is 0 Å². The van der Waals surface area contributed by atoms with Crippen LogP contribution in [-0.4, -0.2) is 40.9 Å². The second-order valence-corrected chi connectivity index (χ2v) is 3.28. The van der Waals surface area contributed by atoms with Crippen molar-refractivity contribution in [1.29, 1.82) is 0 Å². The fourth-order valence-electron chi connectivity index (χ4n) is 1.33. The van der Waals surface area contributed by atoms with Gasteiger partial charge in [0, 0.05) is 19.0 Å². The molecule has 1 aliphatic rings. The number of rotatable bonds is 1. The summed E-state index contributed by atoms with van der Waals surface area (Å²) in [6.45, 7) is 1.71. The highest BCUT2D eigenvalue weighted by molar-refractivity contribution is 5.65. The summed E-state index contributed by atoms with van der Waals surface area (Å²) in [7, 11) is 0. The second-order valence-electron chi connectivity index (χ2n) is 3.28. The average Bonchev–Trinajstić information content (AvgIpc) is 2.33.